The third-order valence-corrected chi connectivity index (χ3v) is 1.46. The molecule has 68 valence electrons. The van der Waals surface area contributed by atoms with Crippen LogP contribution in [0.1, 0.15) is 0 Å². The second kappa shape index (κ2) is 4.45. The summed E-state index contributed by atoms with van der Waals surface area (Å²) in [5.74, 6) is 3.33. The lowest BCUT2D eigenvalue weighted by molar-refractivity contribution is 0.585. The van der Waals surface area contributed by atoms with Crippen molar-refractivity contribution in [3.8, 4) is 0 Å². The summed E-state index contributed by atoms with van der Waals surface area (Å²) in [5.41, 5.74) is 2.01. The van der Waals surface area contributed by atoms with E-state index in [-0.39, 0.29) is 23.1 Å². The summed E-state index contributed by atoms with van der Waals surface area (Å²) in [5, 5.41) is -0.167. The van der Waals surface area contributed by atoms with Crippen LogP contribution in [0, 0.1) is 11.6 Å². The molecule has 0 fully saturated rings. The molecule has 1 aromatic carbocycles. The van der Waals surface area contributed by atoms with Crippen molar-refractivity contribution in [1.82, 2.24) is 0 Å². The highest BCUT2D eigenvalue weighted by Gasteiger charge is 2.06. The minimum absolute atomic E-state index is 0. The van der Waals surface area contributed by atoms with Crippen molar-refractivity contribution in [3.63, 3.8) is 0 Å². The number of benzene rings is 1. The van der Waals surface area contributed by atoms with Gasteiger partial charge in [0.2, 0.25) is 0 Å². The molecule has 0 radical (unpaired) electrons. The zero-order valence-corrected chi connectivity index (χ0v) is 7.35. The summed E-state index contributed by atoms with van der Waals surface area (Å²) in [4.78, 5) is 0. The molecule has 0 saturated carbocycles. The van der Waals surface area contributed by atoms with Gasteiger partial charge in [0.25, 0.3) is 0 Å². The van der Waals surface area contributed by atoms with Gasteiger partial charge in [-0.25, -0.2) is 8.78 Å². The van der Waals surface area contributed by atoms with Gasteiger partial charge in [-0.05, 0) is 6.07 Å². The van der Waals surface area contributed by atoms with E-state index in [0.717, 1.165) is 6.07 Å². The molecule has 0 aliphatic carbocycles. The van der Waals surface area contributed by atoms with Gasteiger partial charge in [-0.1, -0.05) is 11.6 Å². The third-order valence-electron chi connectivity index (χ3n) is 1.17. The van der Waals surface area contributed by atoms with E-state index < -0.39 is 11.6 Å². The van der Waals surface area contributed by atoms with Crippen LogP contribution in [0.3, 0.4) is 0 Å². The van der Waals surface area contributed by atoms with Gasteiger partial charge in [-0.15, -0.1) is 12.4 Å². The van der Waals surface area contributed by atoms with Gasteiger partial charge in [-0.3, -0.25) is 5.84 Å². The Labute approximate surface area is 79.1 Å². The second-order valence-electron chi connectivity index (χ2n) is 1.89. The molecule has 0 aliphatic heterocycles. The Bertz CT molecular complexity index is 280. The van der Waals surface area contributed by atoms with Crippen molar-refractivity contribution < 1.29 is 8.78 Å². The minimum Gasteiger partial charge on any atom is -0.321 e. The molecule has 0 saturated heterocycles. The molecular weight excluding hydrogens is 209 g/mol. The monoisotopic (exact) mass is 214 g/mol. The molecule has 2 nitrogen and oxygen atoms in total. The van der Waals surface area contributed by atoms with Crippen molar-refractivity contribution in [2.45, 2.75) is 0 Å². The quantitative estimate of drug-likeness (QED) is 0.428. The fourth-order valence-electron chi connectivity index (χ4n) is 0.633. The van der Waals surface area contributed by atoms with Crippen LogP contribution >= 0.6 is 24.0 Å². The largest absolute Gasteiger partial charge is 0.321 e. The van der Waals surface area contributed by atoms with Gasteiger partial charge in [0.1, 0.15) is 5.82 Å². The number of anilines is 1. The molecule has 12 heavy (non-hydrogen) atoms. The summed E-state index contributed by atoms with van der Waals surface area (Å²) in [6.45, 7) is 0. The van der Waals surface area contributed by atoms with E-state index in [2.05, 4.69) is 0 Å². The summed E-state index contributed by atoms with van der Waals surface area (Å²) in [6.07, 6.45) is 0. The number of nitrogens with two attached hydrogens (primary N) is 1. The highest BCUT2D eigenvalue weighted by Crippen LogP contribution is 2.21. The number of rotatable bonds is 1. The van der Waals surface area contributed by atoms with Crippen molar-refractivity contribution in [1.29, 1.82) is 0 Å². The Balaban J connectivity index is 0.00000121. The highest BCUT2D eigenvalue weighted by molar-refractivity contribution is 6.31. The number of hydrazine groups is 1. The molecule has 3 N–H and O–H groups in total. The van der Waals surface area contributed by atoms with Gasteiger partial charge >= 0.3 is 0 Å². The van der Waals surface area contributed by atoms with Gasteiger partial charge in [0.05, 0.1) is 10.7 Å². The molecular formula is C6H6Cl2F2N2. The fraction of sp³-hybridized carbons (Fsp3) is 0. The van der Waals surface area contributed by atoms with E-state index in [9.17, 15) is 8.78 Å². The van der Waals surface area contributed by atoms with E-state index in [4.69, 9.17) is 17.4 Å². The van der Waals surface area contributed by atoms with E-state index in [1.54, 1.807) is 0 Å². The van der Waals surface area contributed by atoms with Gasteiger partial charge in [0.15, 0.2) is 5.82 Å². The van der Waals surface area contributed by atoms with Crippen molar-refractivity contribution in [3.05, 3.63) is 28.8 Å². The lowest BCUT2D eigenvalue weighted by Gasteiger charge is -2.01. The molecule has 0 spiro atoms. The first-order valence-electron chi connectivity index (χ1n) is 2.76. The van der Waals surface area contributed by atoms with Crippen LogP contribution in [-0.2, 0) is 0 Å². The van der Waals surface area contributed by atoms with E-state index in [1.165, 1.54) is 0 Å². The Kier molecular flexibility index (Phi) is 4.23. The topological polar surface area (TPSA) is 38.0 Å². The van der Waals surface area contributed by atoms with Gasteiger partial charge in [-0.2, -0.15) is 0 Å². The summed E-state index contributed by atoms with van der Waals surface area (Å²) in [6, 6.07) is 1.74. The van der Waals surface area contributed by atoms with Crippen LogP contribution in [0.25, 0.3) is 0 Å². The lowest BCUT2D eigenvalue weighted by Crippen LogP contribution is -2.08. The number of nitrogens with one attached hydrogen (secondary N) is 1. The normalized spacial score (nSPS) is 9.00. The standard InChI is InChI=1S/C6H5ClF2N2.ClH/c7-3-1-6(11-10)5(9)2-4(3)8;/h1-2,11H,10H2;1H. The van der Waals surface area contributed by atoms with Crippen molar-refractivity contribution >= 4 is 29.7 Å². The smallest absolute Gasteiger partial charge is 0.150 e. The lowest BCUT2D eigenvalue weighted by atomic mass is 10.3. The first-order chi connectivity index (χ1) is 5.15. The molecule has 1 rings (SSSR count). The molecule has 0 atom stereocenters. The van der Waals surface area contributed by atoms with E-state index in [0.29, 0.717) is 6.07 Å². The first-order valence-corrected chi connectivity index (χ1v) is 3.14. The molecule has 6 heteroatoms. The highest BCUT2D eigenvalue weighted by atomic mass is 35.5. The van der Waals surface area contributed by atoms with Crippen molar-refractivity contribution in [2.24, 2.45) is 5.84 Å². The molecule has 1 aromatic rings. The zero-order chi connectivity index (χ0) is 8.43. The maximum Gasteiger partial charge on any atom is 0.150 e. The molecule has 0 aliphatic rings. The van der Waals surface area contributed by atoms with Crippen molar-refractivity contribution in [2.75, 3.05) is 5.43 Å². The average molecular weight is 215 g/mol. The molecule has 0 unspecified atom stereocenters. The van der Waals surface area contributed by atoms with Crippen LogP contribution in [0.2, 0.25) is 5.02 Å². The van der Waals surface area contributed by atoms with Crippen LogP contribution in [0.5, 0.6) is 0 Å². The summed E-state index contributed by atoms with van der Waals surface area (Å²) < 4.78 is 25.0. The summed E-state index contributed by atoms with van der Waals surface area (Å²) >= 11 is 5.33. The third kappa shape index (κ3) is 2.20. The Morgan fingerprint density at radius 1 is 1.25 bits per heavy atom. The van der Waals surface area contributed by atoms with Crippen LogP contribution in [0.4, 0.5) is 14.5 Å². The van der Waals surface area contributed by atoms with Crippen LogP contribution < -0.4 is 11.3 Å². The summed E-state index contributed by atoms with van der Waals surface area (Å²) in [7, 11) is 0. The minimum atomic E-state index is -0.803. The predicted molar refractivity (Wildman–Crippen MR) is 46.4 cm³/mol. The number of halogens is 4. The number of hydrogen-bond donors (Lipinski definition) is 2. The average Bonchev–Trinajstić information content (AvgIpc) is 1.97. The fourth-order valence-corrected chi connectivity index (χ4v) is 0.797. The Morgan fingerprint density at radius 3 is 2.33 bits per heavy atom. The number of hydrogen-bond acceptors (Lipinski definition) is 2. The Hall–Kier alpha value is -0.580. The molecule has 0 heterocycles. The SMILES string of the molecule is Cl.NNc1cc(Cl)c(F)cc1F. The van der Waals surface area contributed by atoms with Gasteiger partial charge < -0.3 is 5.43 Å². The maximum atomic E-state index is 12.6. The molecule has 0 amide bonds. The number of nitrogen functional groups attached to an aromatic ring is 1. The Morgan fingerprint density at radius 2 is 1.83 bits per heavy atom. The van der Waals surface area contributed by atoms with Gasteiger partial charge in [0, 0.05) is 6.07 Å². The van der Waals surface area contributed by atoms with Crippen LogP contribution in [-0.4, -0.2) is 0 Å². The second-order valence-corrected chi connectivity index (χ2v) is 2.30. The zero-order valence-electron chi connectivity index (χ0n) is 5.77. The molecule has 0 bridgehead atoms. The van der Waals surface area contributed by atoms with E-state index >= 15 is 0 Å². The maximum absolute atomic E-state index is 12.6. The first kappa shape index (κ1) is 11.4. The molecule has 0 aromatic heterocycles. The predicted octanol–water partition coefficient (Wildman–Crippen LogP) is 2.33. The van der Waals surface area contributed by atoms with E-state index in [1.807, 2.05) is 5.43 Å². The van der Waals surface area contributed by atoms with Crippen LogP contribution in [0.15, 0.2) is 12.1 Å².